The summed E-state index contributed by atoms with van der Waals surface area (Å²) in [6, 6.07) is 1.86. The van der Waals surface area contributed by atoms with Gasteiger partial charge in [-0.1, -0.05) is 0 Å². The van der Waals surface area contributed by atoms with Crippen molar-refractivity contribution in [3.8, 4) is 0 Å². The minimum atomic E-state index is -3.45. The van der Waals surface area contributed by atoms with Crippen LogP contribution in [0.1, 0.15) is 38.4 Å². The topological polar surface area (TPSA) is 77.1 Å². The van der Waals surface area contributed by atoms with Gasteiger partial charge in [0, 0.05) is 35.8 Å². The minimum absolute atomic E-state index is 0.115. The molecule has 7 heteroatoms. The highest BCUT2D eigenvalue weighted by Gasteiger charge is 2.42. The number of nitrogens with two attached hydrogens (primary N) is 1. The molecule has 2 rings (SSSR count). The first-order valence-corrected chi connectivity index (χ1v) is 9.50. The lowest BCUT2D eigenvalue weighted by molar-refractivity contribution is 0.569. The van der Waals surface area contributed by atoms with Gasteiger partial charge in [0.25, 0.3) is 0 Å². The van der Waals surface area contributed by atoms with Gasteiger partial charge in [-0.25, -0.2) is 13.1 Å². The number of hydrogen-bond acceptors (Lipinski definition) is 4. The Morgan fingerprint density at radius 3 is 2.55 bits per heavy atom. The van der Waals surface area contributed by atoms with Crippen molar-refractivity contribution >= 4 is 21.8 Å². The van der Waals surface area contributed by atoms with Crippen LogP contribution in [0.4, 0.5) is 0 Å². The van der Waals surface area contributed by atoms with Gasteiger partial charge in [-0.2, -0.15) is 11.8 Å². The molecule has 0 spiro atoms. The molecular formula is C13H23N3O2S2. The Bertz CT molecular complexity index is 574. The Morgan fingerprint density at radius 1 is 1.50 bits per heavy atom. The molecule has 5 nitrogen and oxygen atoms in total. The van der Waals surface area contributed by atoms with E-state index in [9.17, 15) is 8.42 Å². The zero-order valence-corrected chi connectivity index (χ0v) is 13.9. The van der Waals surface area contributed by atoms with Crippen molar-refractivity contribution in [2.24, 2.45) is 5.73 Å². The van der Waals surface area contributed by atoms with Crippen LogP contribution in [-0.2, 0) is 16.6 Å². The zero-order chi connectivity index (χ0) is 15.0. The lowest BCUT2D eigenvalue weighted by Gasteiger charge is -2.13. The Morgan fingerprint density at radius 2 is 2.15 bits per heavy atom. The van der Waals surface area contributed by atoms with Gasteiger partial charge in [-0.05, 0) is 39.0 Å². The standard InChI is InChI=1S/C13H23N3O2S2/c1-10(2)16-8-12(6-11(16)7-14)20(17,18)15-9-13(19-3)4-5-13/h6,8,10,15H,4-5,7,9,14H2,1-3H3. The first-order chi connectivity index (χ1) is 9.33. The Hall–Kier alpha value is -0.500. The molecule has 20 heavy (non-hydrogen) atoms. The van der Waals surface area contributed by atoms with Crippen LogP contribution in [0.3, 0.4) is 0 Å². The Kier molecular flexibility index (Phi) is 4.53. The summed E-state index contributed by atoms with van der Waals surface area (Å²) in [6.45, 7) is 4.86. The smallest absolute Gasteiger partial charge is 0.242 e. The number of nitrogens with zero attached hydrogens (tertiary/aromatic N) is 1. The molecule has 1 aromatic heterocycles. The van der Waals surface area contributed by atoms with Crippen LogP contribution in [0.15, 0.2) is 17.2 Å². The predicted molar refractivity (Wildman–Crippen MR) is 83.4 cm³/mol. The normalized spacial score (nSPS) is 17.6. The van der Waals surface area contributed by atoms with Crippen LogP contribution >= 0.6 is 11.8 Å². The SMILES string of the molecule is CSC1(CNS(=O)(=O)c2cc(CN)n(C(C)C)c2)CC1. The molecular weight excluding hydrogens is 294 g/mol. The predicted octanol–water partition coefficient (Wildman–Crippen LogP) is 1.70. The first-order valence-electron chi connectivity index (χ1n) is 6.79. The van der Waals surface area contributed by atoms with Crippen molar-refractivity contribution in [3.05, 3.63) is 18.0 Å². The van der Waals surface area contributed by atoms with Gasteiger partial charge in [0.15, 0.2) is 0 Å². The summed E-state index contributed by atoms with van der Waals surface area (Å²) in [7, 11) is -3.45. The molecule has 1 fully saturated rings. The quantitative estimate of drug-likeness (QED) is 0.802. The summed E-state index contributed by atoms with van der Waals surface area (Å²) < 4.78 is 29.5. The van der Waals surface area contributed by atoms with Crippen molar-refractivity contribution in [2.75, 3.05) is 12.8 Å². The van der Waals surface area contributed by atoms with Gasteiger partial charge in [0.05, 0.1) is 4.90 Å². The van der Waals surface area contributed by atoms with Crippen molar-refractivity contribution in [3.63, 3.8) is 0 Å². The highest BCUT2D eigenvalue weighted by atomic mass is 32.2. The number of hydrogen-bond donors (Lipinski definition) is 2. The van der Waals surface area contributed by atoms with E-state index >= 15 is 0 Å². The second-order valence-electron chi connectivity index (χ2n) is 5.58. The van der Waals surface area contributed by atoms with Gasteiger partial charge >= 0.3 is 0 Å². The maximum Gasteiger partial charge on any atom is 0.242 e. The number of sulfonamides is 1. The molecule has 0 bridgehead atoms. The second kappa shape index (κ2) is 5.71. The van der Waals surface area contributed by atoms with Gasteiger partial charge in [0.1, 0.15) is 0 Å². The maximum atomic E-state index is 12.4. The van der Waals surface area contributed by atoms with Crippen molar-refractivity contribution < 1.29 is 8.42 Å². The Labute approximate surface area is 125 Å². The molecule has 0 unspecified atom stereocenters. The largest absolute Gasteiger partial charge is 0.346 e. The number of aromatic nitrogens is 1. The van der Waals surface area contributed by atoms with Crippen LogP contribution in [-0.4, -0.2) is 30.5 Å². The van der Waals surface area contributed by atoms with Crippen LogP contribution in [0.2, 0.25) is 0 Å². The fourth-order valence-corrected chi connectivity index (χ4v) is 4.19. The van der Waals surface area contributed by atoms with Gasteiger partial charge < -0.3 is 10.3 Å². The maximum absolute atomic E-state index is 12.4. The molecule has 0 aliphatic heterocycles. The van der Waals surface area contributed by atoms with E-state index < -0.39 is 10.0 Å². The van der Waals surface area contributed by atoms with E-state index in [1.807, 2.05) is 24.7 Å². The molecule has 1 saturated carbocycles. The third-order valence-corrected chi connectivity index (χ3v) is 6.59. The highest BCUT2D eigenvalue weighted by Crippen LogP contribution is 2.46. The van der Waals surface area contributed by atoms with Gasteiger partial charge in [-0.15, -0.1) is 0 Å². The fourth-order valence-electron chi connectivity index (χ4n) is 2.19. The molecule has 1 aliphatic rings. The minimum Gasteiger partial charge on any atom is -0.346 e. The average molecular weight is 317 g/mol. The number of thioether (sulfide) groups is 1. The third kappa shape index (κ3) is 3.21. The van der Waals surface area contributed by atoms with Crippen LogP contribution in [0.5, 0.6) is 0 Å². The molecule has 1 aliphatic carbocycles. The monoisotopic (exact) mass is 317 g/mol. The van der Waals surface area contributed by atoms with E-state index in [-0.39, 0.29) is 10.8 Å². The summed E-state index contributed by atoms with van der Waals surface area (Å²) in [5, 5.41) is 0. The summed E-state index contributed by atoms with van der Waals surface area (Å²) in [4.78, 5) is 0.309. The summed E-state index contributed by atoms with van der Waals surface area (Å²) >= 11 is 1.74. The van der Waals surface area contributed by atoms with E-state index in [2.05, 4.69) is 4.72 Å². The van der Waals surface area contributed by atoms with Crippen molar-refractivity contribution in [2.45, 2.75) is 48.9 Å². The van der Waals surface area contributed by atoms with E-state index in [1.54, 1.807) is 24.0 Å². The van der Waals surface area contributed by atoms with E-state index in [0.717, 1.165) is 18.5 Å². The molecule has 0 amide bonds. The summed E-state index contributed by atoms with van der Waals surface area (Å²) in [6.07, 6.45) is 5.87. The molecule has 0 radical (unpaired) electrons. The Balaban J connectivity index is 2.17. The van der Waals surface area contributed by atoms with Gasteiger partial charge in [0.2, 0.25) is 10.0 Å². The average Bonchev–Trinajstić information content (AvgIpc) is 3.05. The molecule has 114 valence electrons. The summed E-state index contributed by atoms with van der Waals surface area (Å²) in [5.41, 5.74) is 6.52. The second-order valence-corrected chi connectivity index (χ2v) is 8.63. The number of rotatable bonds is 7. The first kappa shape index (κ1) is 15.9. The molecule has 0 aromatic carbocycles. The zero-order valence-electron chi connectivity index (χ0n) is 12.2. The van der Waals surface area contributed by atoms with Gasteiger partial charge in [-0.3, -0.25) is 0 Å². The van der Waals surface area contributed by atoms with Crippen LogP contribution in [0, 0.1) is 0 Å². The van der Waals surface area contributed by atoms with E-state index in [0.29, 0.717) is 18.0 Å². The number of nitrogens with one attached hydrogen (secondary N) is 1. The van der Waals surface area contributed by atoms with E-state index in [1.165, 1.54) is 0 Å². The summed E-state index contributed by atoms with van der Waals surface area (Å²) in [5.74, 6) is 0. The third-order valence-electron chi connectivity index (χ3n) is 3.81. The molecule has 1 heterocycles. The molecule has 1 aromatic rings. The van der Waals surface area contributed by atoms with Crippen molar-refractivity contribution in [1.82, 2.24) is 9.29 Å². The lowest BCUT2D eigenvalue weighted by Crippen LogP contribution is -2.31. The van der Waals surface area contributed by atoms with Crippen LogP contribution < -0.4 is 10.5 Å². The van der Waals surface area contributed by atoms with Crippen LogP contribution in [0.25, 0.3) is 0 Å². The fraction of sp³-hybridized carbons (Fsp3) is 0.692. The lowest BCUT2D eigenvalue weighted by atomic mass is 10.3. The highest BCUT2D eigenvalue weighted by molar-refractivity contribution is 8.00. The van der Waals surface area contributed by atoms with E-state index in [4.69, 9.17) is 5.73 Å². The molecule has 3 N–H and O–H groups in total. The molecule has 0 saturated heterocycles. The van der Waals surface area contributed by atoms with Crippen molar-refractivity contribution in [1.29, 1.82) is 0 Å². The molecule has 0 atom stereocenters.